The van der Waals surface area contributed by atoms with E-state index in [0.717, 1.165) is 6.42 Å². The van der Waals surface area contributed by atoms with E-state index in [1.54, 1.807) is 23.2 Å². The molecular weight excluding hydrogens is 344 g/mol. The lowest BCUT2D eigenvalue weighted by molar-refractivity contribution is -0.136. The number of carbonyl (C=O) groups excluding carboxylic acids is 1. The molecule has 2 aliphatic heterocycles. The number of piperazine rings is 1. The Morgan fingerprint density at radius 3 is 2.80 bits per heavy atom. The van der Waals surface area contributed by atoms with Gasteiger partial charge in [-0.1, -0.05) is 0 Å². The van der Waals surface area contributed by atoms with Crippen LogP contribution in [0.25, 0.3) is 11.0 Å². The molecule has 0 bridgehead atoms. The molecule has 0 spiro atoms. The van der Waals surface area contributed by atoms with Crippen LogP contribution in [-0.2, 0) is 19.6 Å². The number of pyridine rings is 1. The molecule has 2 saturated heterocycles. The third kappa shape index (κ3) is 2.92. The first-order chi connectivity index (χ1) is 12.1. The van der Waals surface area contributed by atoms with Crippen LogP contribution in [0.5, 0.6) is 0 Å². The third-order valence-corrected chi connectivity index (χ3v) is 6.80. The minimum atomic E-state index is -3.61. The summed E-state index contributed by atoms with van der Waals surface area (Å²) in [6.45, 7) is 2.52. The van der Waals surface area contributed by atoms with Crippen LogP contribution in [0.3, 0.4) is 0 Å². The van der Waals surface area contributed by atoms with Crippen molar-refractivity contribution < 1.29 is 17.9 Å². The Labute approximate surface area is 145 Å². The summed E-state index contributed by atoms with van der Waals surface area (Å²) in [5.74, 6) is -0.00584. The van der Waals surface area contributed by atoms with Gasteiger partial charge in [-0.05, 0) is 18.6 Å². The number of aromatic nitrogens is 2. The molecule has 2 aromatic heterocycles. The Morgan fingerprint density at radius 2 is 2.08 bits per heavy atom. The number of nitrogens with zero attached hydrogens (tertiary/aromatic N) is 3. The summed E-state index contributed by atoms with van der Waals surface area (Å²) in [4.78, 5) is 21.5. The number of hydrogen-bond donors (Lipinski definition) is 1. The largest absolute Gasteiger partial charge is 0.381 e. The number of aromatic amines is 1. The van der Waals surface area contributed by atoms with E-state index in [4.69, 9.17) is 4.74 Å². The fourth-order valence-corrected chi connectivity index (χ4v) is 4.99. The summed E-state index contributed by atoms with van der Waals surface area (Å²) in [7, 11) is -3.61. The molecule has 1 atom stereocenters. The second-order valence-corrected chi connectivity index (χ2v) is 8.25. The Hall–Kier alpha value is -1.97. The zero-order chi connectivity index (χ0) is 17.4. The first kappa shape index (κ1) is 16.5. The van der Waals surface area contributed by atoms with Gasteiger partial charge in [0.2, 0.25) is 15.9 Å². The van der Waals surface area contributed by atoms with E-state index in [-0.39, 0.29) is 16.7 Å². The summed E-state index contributed by atoms with van der Waals surface area (Å²) < 4.78 is 32.6. The van der Waals surface area contributed by atoms with E-state index in [9.17, 15) is 13.2 Å². The lowest BCUT2D eigenvalue weighted by Crippen LogP contribution is -2.51. The van der Waals surface area contributed by atoms with Gasteiger partial charge in [0.05, 0.1) is 12.5 Å². The van der Waals surface area contributed by atoms with Gasteiger partial charge in [-0.25, -0.2) is 13.4 Å². The molecule has 134 valence electrons. The molecule has 9 heteroatoms. The zero-order valence-corrected chi connectivity index (χ0v) is 14.5. The van der Waals surface area contributed by atoms with Gasteiger partial charge in [0, 0.05) is 50.6 Å². The molecule has 2 fully saturated rings. The van der Waals surface area contributed by atoms with E-state index in [0.29, 0.717) is 50.4 Å². The Bertz CT molecular complexity index is 880. The number of carbonyl (C=O) groups is 1. The maximum absolute atomic E-state index is 12.9. The van der Waals surface area contributed by atoms with E-state index < -0.39 is 10.0 Å². The Balaban J connectivity index is 1.49. The zero-order valence-electron chi connectivity index (χ0n) is 13.7. The van der Waals surface area contributed by atoms with Crippen LogP contribution in [0, 0.1) is 5.92 Å². The van der Waals surface area contributed by atoms with Gasteiger partial charge in [0.15, 0.2) is 0 Å². The summed E-state index contributed by atoms with van der Waals surface area (Å²) in [6.07, 6.45) is 3.85. The van der Waals surface area contributed by atoms with Crippen LogP contribution < -0.4 is 0 Å². The molecule has 2 aliphatic rings. The van der Waals surface area contributed by atoms with Crippen molar-refractivity contribution >= 4 is 27.0 Å². The van der Waals surface area contributed by atoms with Crippen molar-refractivity contribution in [2.75, 3.05) is 39.4 Å². The van der Waals surface area contributed by atoms with Crippen LogP contribution in [0.4, 0.5) is 0 Å². The topological polar surface area (TPSA) is 95.6 Å². The fraction of sp³-hybridized carbons (Fsp3) is 0.500. The average molecular weight is 364 g/mol. The number of amides is 1. The number of ether oxygens (including phenoxy) is 1. The minimum Gasteiger partial charge on any atom is -0.381 e. The average Bonchev–Trinajstić information content (AvgIpc) is 3.31. The van der Waals surface area contributed by atoms with Crippen LogP contribution in [0.2, 0.25) is 0 Å². The highest BCUT2D eigenvalue weighted by Gasteiger charge is 2.34. The predicted molar refractivity (Wildman–Crippen MR) is 90.4 cm³/mol. The maximum atomic E-state index is 12.9. The second kappa shape index (κ2) is 6.40. The SMILES string of the molecule is O=C(C1CCOC1)N1CCN(S(=O)(=O)c2c[nH]c3ncccc23)CC1. The number of nitrogens with one attached hydrogen (secondary N) is 1. The summed E-state index contributed by atoms with van der Waals surface area (Å²) in [6, 6.07) is 3.46. The highest BCUT2D eigenvalue weighted by Crippen LogP contribution is 2.25. The molecule has 8 nitrogen and oxygen atoms in total. The monoisotopic (exact) mass is 364 g/mol. The number of rotatable bonds is 3. The van der Waals surface area contributed by atoms with E-state index in [1.165, 1.54) is 10.5 Å². The quantitative estimate of drug-likeness (QED) is 0.852. The van der Waals surface area contributed by atoms with Crippen LogP contribution in [0.1, 0.15) is 6.42 Å². The number of fused-ring (bicyclic) bond motifs is 1. The molecule has 25 heavy (non-hydrogen) atoms. The highest BCUT2D eigenvalue weighted by atomic mass is 32.2. The van der Waals surface area contributed by atoms with Crippen molar-refractivity contribution in [1.29, 1.82) is 0 Å². The maximum Gasteiger partial charge on any atom is 0.245 e. The molecule has 1 unspecified atom stereocenters. The highest BCUT2D eigenvalue weighted by molar-refractivity contribution is 7.89. The second-order valence-electron chi connectivity index (χ2n) is 6.34. The number of sulfonamides is 1. The van der Waals surface area contributed by atoms with Crippen molar-refractivity contribution in [3.63, 3.8) is 0 Å². The van der Waals surface area contributed by atoms with Crippen molar-refractivity contribution in [2.24, 2.45) is 5.92 Å². The molecule has 1 amide bonds. The van der Waals surface area contributed by atoms with Crippen molar-refractivity contribution in [3.05, 3.63) is 24.5 Å². The van der Waals surface area contributed by atoms with Gasteiger partial charge in [0.25, 0.3) is 0 Å². The first-order valence-electron chi connectivity index (χ1n) is 8.36. The van der Waals surface area contributed by atoms with Gasteiger partial charge in [0.1, 0.15) is 10.5 Å². The van der Waals surface area contributed by atoms with Gasteiger partial charge < -0.3 is 14.6 Å². The smallest absolute Gasteiger partial charge is 0.245 e. The van der Waals surface area contributed by atoms with Gasteiger partial charge >= 0.3 is 0 Å². The molecule has 2 aromatic rings. The first-order valence-corrected chi connectivity index (χ1v) is 9.80. The molecule has 0 aromatic carbocycles. The van der Waals surface area contributed by atoms with E-state index in [2.05, 4.69) is 9.97 Å². The lowest BCUT2D eigenvalue weighted by atomic mass is 10.1. The van der Waals surface area contributed by atoms with Crippen molar-refractivity contribution in [3.8, 4) is 0 Å². The summed E-state index contributed by atoms with van der Waals surface area (Å²) >= 11 is 0. The number of hydrogen-bond acceptors (Lipinski definition) is 5. The molecule has 0 radical (unpaired) electrons. The molecule has 0 saturated carbocycles. The van der Waals surface area contributed by atoms with Gasteiger partial charge in [-0.3, -0.25) is 4.79 Å². The molecular formula is C16H20N4O4S. The predicted octanol–water partition coefficient (Wildman–Crippen LogP) is 0.432. The lowest BCUT2D eigenvalue weighted by Gasteiger charge is -2.35. The molecule has 4 heterocycles. The molecule has 4 rings (SSSR count). The third-order valence-electron chi connectivity index (χ3n) is 4.86. The normalized spacial score (nSPS) is 22.6. The van der Waals surface area contributed by atoms with Crippen LogP contribution >= 0.6 is 0 Å². The molecule has 0 aliphatic carbocycles. The van der Waals surface area contributed by atoms with Gasteiger partial charge in [-0.2, -0.15) is 4.31 Å². The fourth-order valence-electron chi connectivity index (χ4n) is 3.42. The van der Waals surface area contributed by atoms with E-state index >= 15 is 0 Å². The standard InChI is InChI=1S/C16H20N4O4S/c21-16(12-3-9-24-11-12)19-5-7-20(8-6-19)25(22,23)14-10-18-15-13(14)2-1-4-17-15/h1-2,4,10,12H,3,5-9,11H2,(H,17,18). The van der Waals surface area contributed by atoms with Crippen molar-refractivity contribution in [1.82, 2.24) is 19.2 Å². The summed E-state index contributed by atoms with van der Waals surface area (Å²) in [5, 5.41) is 0.587. The van der Waals surface area contributed by atoms with E-state index in [1.807, 2.05) is 0 Å². The number of H-pyrrole nitrogens is 1. The minimum absolute atomic E-state index is 0.0749. The van der Waals surface area contributed by atoms with Crippen LogP contribution in [-0.4, -0.2) is 72.9 Å². The van der Waals surface area contributed by atoms with Crippen molar-refractivity contribution in [2.45, 2.75) is 11.3 Å². The van der Waals surface area contributed by atoms with Gasteiger partial charge in [-0.15, -0.1) is 0 Å². The summed E-state index contributed by atoms with van der Waals surface area (Å²) in [5.41, 5.74) is 0.552. The van der Waals surface area contributed by atoms with Crippen LogP contribution in [0.15, 0.2) is 29.4 Å². The Morgan fingerprint density at radius 1 is 1.28 bits per heavy atom. The molecule has 1 N–H and O–H groups in total. The Kier molecular flexibility index (Phi) is 4.22.